The number of halogens is 1. The first-order valence-electron chi connectivity index (χ1n) is 6.14. The average molecular weight is 303 g/mol. The van der Waals surface area contributed by atoms with E-state index in [4.69, 9.17) is 5.11 Å². The third-order valence-corrected chi connectivity index (χ3v) is 4.21. The highest BCUT2D eigenvalue weighted by atomic mass is 32.2. The second kappa shape index (κ2) is 6.32. The summed E-state index contributed by atoms with van der Waals surface area (Å²) >= 11 is 0. The number of benzene rings is 1. The Balaban J connectivity index is 3.03. The van der Waals surface area contributed by atoms with Crippen molar-refractivity contribution in [2.75, 3.05) is 0 Å². The minimum atomic E-state index is -3.99. The molecule has 0 saturated heterocycles. The molecule has 1 atom stereocenters. The number of hydrogen-bond acceptors (Lipinski definition) is 3. The smallest absolute Gasteiger partial charge is 0.321 e. The van der Waals surface area contributed by atoms with Gasteiger partial charge in [0.15, 0.2) is 0 Å². The Labute approximate surface area is 117 Å². The highest BCUT2D eigenvalue weighted by Gasteiger charge is 2.26. The second-order valence-electron chi connectivity index (χ2n) is 5.05. The van der Waals surface area contributed by atoms with E-state index in [1.807, 2.05) is 0 Å². The summed E-state index contributed by atoms with van der Waals surface area (Å²) in [5.41, 5.74) is 0.184. The van der Waals surface area contributed by atoms with Crippen molar-refractivity contribution in [1.82, 2.24) is 4.72 Å². The van der Waals surface area contributed by atoms with Crippen LogP contribution in [-0.2, 0) is 14.8 Å². The van der Waals surface area contributed by atoms with Gasteiger partial charge in [0, 0.05) is 0 Å². The molecule has 0 heterocycles. The van der Waals surface area contributed by atoms with Crippen LogP contribution in [0.1, 0.15) is 25.8 Å². The zero-order chi connectivity index (χ0) is 15.5. The number of carboxylic acids is 1. The molecule has 112 valence electrons. The van der Waals surface area contributed by atoms with E-state index in [1.165, 1.54) is 13.0 Å². The molecule has 0 saturated carbocycles. The van der Waals surface area contributed by atoms with Crippen molar-refractivity contribution in [3.8, 4) is 0 Å². The van der Waals surface area contributed by atoms with Crippen LogP contribution in [0.15, 0.2) is 23.1 Å². The summed E-state index contributed by atoms with van der Waals surface area (Å²) in [7, 11) is -3.99. The Morgan fingerprint density at radius 2 is 2.00 bits per heavy atom. The predicted molar refractivity (Wildman–Crippen MR) is 72.3 cm³/mol. The van der Waals surface area contributed by atoms with Gasteiger partial charge in [0.05, 0.1) is 4.90 Å². The quantitative estimate of drug-likeness (QED) is 0.841. The van der Waals surface area contributed by atoms with Crippen LogP contribution >= 0.6 is 0 Å². The Bertz CT molecular complexity index is 598. The lowest BCUT2D eigenvalue weighted by Gasteiger charge is -2.16. The van der Waals surface area contributed by atoms with Gasteiger partial charge in [-0.05, 0) is 43.0 Å². The molecule has 5 nitrogen and oxygen atoms in total. The third-order valence-electron chi connectivity index (χ3n) is 2.74. The van der Waals surface area contributed by atoms with Crippen LogP contribution in [-0.4, -0.2) is 25.5 Å². The molecule has 0 spiro atoms. The largest absolute Gasteiger partial charge is 0.480 e. The zero-order valence-corrected chi connectivity index (χ0v) is 12.4. The van der Waals surface area contributed by atoms with Gasteiger partial charge in [0.25, 0.3) is 0 Å². The topological polar surface area (TPSA) is 83.5 Å². The summed E-state index contributed by atoms with van der Waals surface area (Å²) in [6, 6.07) is 2.12. The normalized spacial score (nSPS) is 13.4. The first-order valence-corrected chi connectivity index (χ1v) is 7.63. The Morgan fingerprint density at radius 3 is 2.45 bits per heavy atom. The average Bonchev–Trinajstić information content (AvgIpc) is 2.30. The van der Waals surface area contributed by atoms with E-state index in [1.54, 1.807) is 13.8 Å². The van der Waals surface area contributed by atoms with Gasteiger partial charge in [-0.15, -0.1) is 0 Å². The summed E-state index contributed by atoms with van der Waals surface area (Å²) in [6.45, 7) is 5.04. The molecule has 1 aromatic rings. The van der Waals surface area contributed by atoms with Gasteiger partial charge in [0.1, 0.15) is 11.9 Å². The zero-order valence-electron chi connectivity index (χ0n) is 11.6. The minimum absolute atomic E-state index is 0.0220. The van der Waals surface area contributed by atoms with Crippen LogP contribution in [0.25, 0.3) is 0 Å². The molecule has 0 fully saturated rings. The van der Waals surface area contributed by atoms with Crippen LogP contribution in [0.3, 0.4) is 0 Å². The standard InChI is InChI=1S/C13H18FNO4S/c1-8(2)6-12(13(16)17)15-20(18,19)10-4-5-11(14)9(3)7-10/h4-5,7-8,12,15H,6H2,1-3H3,(H,16,17)/t12-/m1/s1. The van der Waals surface area contributed by atoms with Gasteiger partial charge in [-0.3, -0.25) is 4.79 Å². The van der Waals surface area contributed by atoms with E-state index in [-0.39, 0.29) is 22.8 Å². The second-order valence-corrected chi connectivity index (χ2v) is 6.77. The molecule has 0 aliphatic rings. The number of aliphatic carboxylic acids is 1. The highest BCUT2D eigenvalue weighted by molar-refractivity contribution is 7.89. The number of rotatable bonds is 6. The van der Waals surface area contributed by atoms with Crippen molar-refractivity contribution in [3.05, 3.63) is 29.6 Å². The Hall–Kier alpha value is -1.47. The van der Waals surface area contributed by atoms with Crippen LogP contribution in [0.4, 0.5) is 4.39 Å². The SMILES string of the molecule is Cc1cc(S(=O)(=O)N[C@H](CC(C)C)C(=O)O)ccc1F. The lowest BCUT2D eigenvalue weighted by molar-refractivity contribution is -0.139. The van der Waals surface area contributed by atoms with E-state index in [0.717, 1.165) is 12.1 Å². The van der Waals surface area contributed by atoms with E-state index in [0.29, 0.717) is 0 Å². The summed E-state index contributed by atoms with van der Waals surface area (Å²) < 4.78 is 39.5. The maximum absolute atomic E-state index is 13.1. The number of aryl methyl sites for hydroxylation is 1. The van der Waals surface area contributed by atoms with Crippen LogP contribution in [0.2, 0.25) is 0 Å². The molecule has 0 unspecified atom stereocenters. The Morgan fingerprint density at radius 1 is 1.40 bits per heavy atom. The molecular formula is C13H18FNO4S. The number of carboxylic acid groups (broad SMARTS) is 1. The van der Waals surface area contributed by atoms with Crippen molar-refractivity contribution in [3.63, 3.8) is 0 Å². The first kappa shape index (κ1) is 16.6. The molecule has 2 N–H and O–H groups in total. The van der Waals surface area contributed by atoms with Crippen molar-refractivity contribution in [1.29, 1.82) is 0 Å². The molecule has 0 radical (unpaired) electrons. The molecule has 0 aromatic heterocycles. The molecule has 1 aromatic carbocycles. The van der Waals surface area contributed by atoms with Gasteiger partial charge < -0.3 is 5.11 Å². The van der Waals surface area contributed by atoms with Gasteiger partial charge in [-0.1, -0.05) is 13.8 Å². The predicted octanol–water partition coefficient (Wildman–Crippen LogP) is 1.91. The monoisotopic (exact) mass is 303 g/mol. The van der Waals surface area contributed by atoms with Gasteiger partial charge in [-0.2, -0.15) is 4.72 Å². The summed E-state index contributed by atoms with van der Waals surface area (Å²) in [6.07, 6.45) is 0.175. The van der Waals surface area contributed by atoms with Crippen LogP contribution in [0, 0.1) is 18.7 Å². The summed E-state index contributed by atoms with van der Waals surface area (Å²) in [4.78, 5) is 10.9. The van der Waals surface area contributed by atoms with Crippen LogP contribution in [0.5, 0.6) is 0 Å². The van der Waals surface area contributed by atoms with Crippen LogP contribution < -0.4 is 4.72 Å². The van der Waals surface area contributed by atoms with Crippen molar-refractivity contribution in [2.24, 2.45) is 5.92 Å². The van der Waals surface area contributed by atoms with Crippen molar-refractivity contribution in [2.45, 2.75) is 38.1 Å². The molecule has 0 bridgehead atoms. The molecule has 0 amide bonds. The summed E-state index contributed by atoms with van der Waals surface area (Å²) in [5.74, 6) is -1.73. The minimum Gasteiger partial charge on any atom is -0.480 e. The number of nitrogens with one attached hydrogen (secondary N) is 1. The Kier molecular flexibility index (Phi) is 5.24. The lowest BCUT2D eigenvalue weighted by Crippen LogP contribution is -2.41. The van der Waals surface area contributed by atoms with Gasteiger partial charge in [0.2, 0.25) is 10.0 Å². The van der Waals surface area contributed by atoms with E-state index in [2.05, 4.69) is 4.72 Å². The fraction of sp³-hybridized carbons (Fsp3) is 0.462. The fourth-order valence-electron chi connectivity index (χ4n) is 1.71. The van der Waals surface area contributed by atoms with E-state index >= 15 is 0 Å². The van der Waals surface area contributed by atoms with E-state index < -0.39 is 27.9 Å². The lowest BCUT2D eigenvalue weighted by atomic mass is 10.1. The molecule has 1 rings (SSSR count). The number of carbonyl (C=O) groups is 1. The highest BCUT2D eigenvalue weighted by Crippen LogP contribution is 2.16. The van der Waals surface area contributed by atoms with Crippen molar-refractivity contribution >= 4 is 16.0 Å². The number of hydrogen-bond donors (Lipinski definition) is 2. The third kappa shape index (κ3) is 4.28. The van der Waals surface area contributed by atoms with E-state index in [9.17, 15) is 17.6 Å². The van der Waals surface area contributed by atoms with Crippen molar-refractivity contribution < 1.29 is 22.7 Å². The first-order chi connectivity index (χ1) is 9.13. The van der Waals surface area contributed by atoms with Gasteiger partial charge in [-0.25, -0.2) is 12.8 Å². The molecule has 0 aliphatic heterocycles. The molecular weight excluding hydrogens is 285 g/mol. The fourth-order valence-corrected chi connectivity index (χ4v) is 3.00. The molecule has 20 heavy (non-hydrogen) atoms. The van der Waals surface area contributed by atoms with Gasteiger partial charge >= 0.3 is 5.97 Å². The maximum atomic E-state index is 13.1. The maximum Gasteiger partial charge on any atom is 0.321 e. The number of sulfonamides is 1. The molecule has 7 heteroatoms. The molecule has 0 aliphatic carbocycles. The summed E-state index contributed by atoms with van der Waals surface area (Å²) in [5, 5.41) is 9.04.